The van der Waals surface area contributed by atoms with Crippen molar-refractivity contribution in [2.75, 3.05) is 13.1 Å². The molecule has 1 aromatic heterocycles. The van der Waals surface area contributed by atoms with Crippen LogP contribution in [0.2, 0.25) is 0 Å². The lowest BCUT2D eigenvalue weighted by molar-refractivity contribution is 0.0482. The maximum Gasteiger partial charge on any atom is 0.0247 e. The van der Waals surface area contributed by atoms with Gasteiger partial charge in [0.05, 0.1) is 0 Å². The molecule has 1 heterocycles. The van der Waals surface area contributed by atoms with E-state index in [-0.39, 0.29) is 0 Å². The van der Waals surface area contributed by atoms with Crippen molar-refractivity contribution in [3.05, 3.63) is 22.4 Å². The van der Waals surface area contributed by atoms with Gasteiger partial charge in [0.25, 0.3) is 0 Å². The molecular weight excluding hydrogens is 264 g/mol. The van der Waals surface area contributed by atoms with Crippen molar-refractivity contribution < 1.29 is 0 Å². The molecule has 0 aromatic carbocycles. The fourth-order valence-corrected chi connectivity index (χ4v) is 3.96. The van der Waals surface area contributed by atoms with Gasteiger partial charge in [0.1, 0.15) is 0 Å². The zero-order valence-electron chi connectivity index (χ0n) is 12.8. The van der Waals surface area contributed by atoms with Gasteiger partial charge in [-0.05, 0) is 73.0 Å². The third-order valence-corrected chi connectivity index (χ3v) is 5.46. The van der Waals surface area contributed by atoms with Crippen LogP contribution in [0.1, 0.15) is 45.1 Å². The van der Waals surface area contributed by atoms with Gasteiger partial charge >= 0.3 is 0 Å². The van der Waals surface area contributed by atoms with Crippen LogP contribution in [-0.4, -0.2) is 30.1 Å². The molecule has 0 amide bonds. The van der Waals surface area contributed by atoms with E-state index in [0.29, 0.717) is 0 Å². The largest absolute Gasteiger partial charge is 0.316 e. The standard InChI is InChI=1S/C17H28N2S/c1-13(2)9-18-10-15-3-6-17(15)19(16-4-5-16)11-14-7-8-20-12-14/h7-8,12-13,15-18H,3-6,9-11H2,1-2H3. The van der Waals surface area contributed by atoms with Gasteiger partial charge < -0.3 is 5.32 Å². The summed E-state index contributed by atoms with van der Waals surface area (Å²) in [6, 6.07) is 4.01. The van der Waals surface area contributed by atoms with Crippen LogP contribution in [0, 0.1) is 11.8 Å². The molecule has 2 saturated carbocycles. The Bertz CT molecular complexity index is 397. The van der Waals surface area contributed by atoms with E-state index in [1.807, 2.05) is 11.3 Å². The van der Waals surface area contributed by atoms with Crippen molar-refractivity contribution in [1.82, 2.24) is 10.2 Å². The van der Waals surface area contributed by atoms with Gasteiger partial charge in [0.15, 0.2) is 0 Å². The highest BCUT2D eigenvalue weighted by atomic mass is 32.1. The first-order valence-corrected chi connectivity index (χ1v) is 9.16. The van der Waals surface area contributed by atoms with Crippen LogP contribution in [0.15, 0.2) is 16.8 Å². The van der Waals surface area contributed by atoms with Crippen LogP contribution in [0.25, 0.3) is 0 Å². The fraction of sp³-hybridized carbons (Fsp3) is 0.765. The molecule has 3 heteroatoms. The molecule has 1 N–H and O–H groups in total. The third kappa shape index (κ3) is 3.63. The first-order chi connectivity index (χ1) is 9.74. The lowest BCUT2D eigenvalue weighted by Crippen LogP contribution is -2.51. The molecule has 20 heavy (non-hydrogen) atoms. The summed E-state index contributed by atoms with van der Waals surface area (Å²) in [5, 5.41) is 8.20. The Morgan fingerprint density at radius 1 is 1.30 bits per heavy atom. The van der Waals surface area contributed by atoms with Gasteiger partial charge in [-0.25, -0.2) is 0 Å². The highest BCUT2D eigenvalue weighted by Gasteiger charge is 2.41. The Kier molecular flexibility index (Phi) is 4.79. The molecule has 2 fully saturated rings. The average Bonchev–Trinajstić information content (AvgIpc) is 3.11. The van der Waals surface area contributed by atoms with Crippen molar-refractivity contribution in [3.8, 4) is 0 Å². The second kappa shape index (κ2) is 6.59. The molecule has 0 spiro atoms. The quantitative estimate of drug-likeness (QED) is 0.785. The predicted octanol–water partition coefficient (Wildman–Crippen LogP) is 3.74. The normalized spacial score (nSPS) is 26.2. The van der Waals surface area contributed by atoms with Crippen molar-refractivity contribution in [3.63, 3.8) is 0 Å². The summed E-state index contributed by atoms with van der Waals surface area (Å²) in [5.74, 6) is 1.65. The molecule has 0 radical (unpaired) electrons. The van der Waals surface area contributed by atoms with E-state index in [1.165, 1.54) is 44.3 Å². The first kappa shape index (κ1) is 14.6. The van der Waals surface area contributed by atoms with E-state index in [9.17, 15) is 0 Å². The Labute approximate surface area is 127 Å². The molecule has 2 unspecified atom stereocenters. The summed E-state index contributed by atoms with van der Waals surface area (Å²) >= 11 is 1.83. The fourth-order valence-electron chi connectivity index (χ4n) is 3.30. The van der Waals surface area contributed by atoms with E-state index >= 15 is 0 Å². The minimum atomic E-state index is 0.763. The summed E-state index contributed by atoms with van der Waals surface area (Å²) < 4.78 is 0. The van der Waals surface area contributed by atoms with Crippen LogP contribution in [0.3, 0.4) is 0 Å². The van der Waals surface area contributed by atoms with Crippen LogP contribution in [0.4, 0.5) is 0 Å². The summed E-state index contributed by atoms with van der Waals surface area (Å²) in [6.45, 7) is 8.14. The van der Waals surface area contributed by atoms with E-state index in [0.717, 1.165) is 30.5 Å². The Hall–Kier alpha value is -0.380. The summed E-state index contributed by atoms with van der Waals surface area (Å²) in [5.41, 5.74) is 1.52. The lowest BCUT2D eigenvalue weighted by atomic mass is 9.78. The molecule has 0 bridgehead atoms. The van der Waals surface area contributed by atoms with Crippen molar-refractivity contribution >= 4 is 11.3 Å². The zero-order valence-corrected chi connectivity index (χ0v) is 13.7. The zero-order chi connectivity index (χ0) is 13.9. The Balaban J connectivity index is 1.52. The van der Waals surface area contributed by atoms with Crippen molar-refractivity contribution in [2.45, 2.75) is 58.2 Å². The van der Waals surface area contributed by atoms with E-state index in [4.69, 9.17) is 0 Å². The summed E-state index contributed by atoms with van der Waals surface area (Å²) in [7, 11) is 0. The maximum absolute atomic E-state index is 3.67. The molecule has 2 aliphatic carbocycles. The number of nitrogens with zero attached hydrogens (tertiary/aromatic N) is 1. The molecule has 2 nitrogen and oxygen atoms in total. The molecule has 0 saturated heterocycles. The number of hydrogen-bond acceptors (Lipinski definition) is 3. The Morgan fingerprint density at radius 3 is 2.70 bits per heavy atom. The molecule has 1 aromatic rings. The SMILES string of the molecule is CC(C)CNCC1CCC1N(Cc1ccsc1)C1CC1. The molecular formula is C17H28N2S. The monoisotopic (exact) mass is 292 g/mol. The van der Waals surface area contributed by atoms with Crippen molar-refractivity contribution in [2.24, 2.45) is 11.8 Å². The molecule has 2 atom stereocenters. The summed E-state index contributed by atoms with van der Waals surface area (Å²) in [4.78, 5) is 2.81. The minimum absolute atomic E-state index is 0.763. The van der Waals surface area contributed by atoms with E-state index in [1.54, 1.807) is 0 Å². The van der Waals surface area contributed by atoms with Gasteiger partial charge in [-0.2, -0.15) is 11.3 Å². The predicted molar refractivity (Wildman–Crippen MR) is 87.1 cm³/mol. The number of thiophene rings is 1. The molecule has 0 aliphatic heterocycles. The van der Waals surface area contributed by atoms with E-state index < -0.39 is 0 Å². The smallest absolute Gasteiger partial charge is 0.0247 e. The van der Waals surface area contributed by atoms with Crippen LogP contribution in [0.5, 0.6) is 0 Å². The van der Waals surface area contributed by atoms with Gasteiger partial charge in [-0.3, -0.25) is 4.90 Å². The van der Waals surface area contributed by atoms with Gasteiger partial charge in [-0.15, -0.1) is 0 Å². The molecule has 112 valence electrons. The Morgan fingerprint density at radius 2 is 2.15 bits per heavy atom. The number of rotatable bonds is 8. The second-order valence-electron chi connectivity index (χ2n) is 6.99. The van der Waals surface area contributed by atoms with Crippen LogP contribution in [-0.2, 0) is 6.54 Å². The van der Waals surface area contributed by atoms with E-state index in [2.05, 4.69) is 40.9 Å². The second-order valence-corrected chi connectivity index (χ2v) is 7.77. The average molecular weight is 292 g/mol. The van der Waals surface area contributed by atoms with Crippen molar-refractivity contribution in [1.29, 1.82) is 0 Å². The molecule has 3 rings (SSSR count). The lowest BCUT2D eigenvalue weighted by Gasteiger charge is -2.45. The topological polar surface area (TPSA) is 15.3 Å². The van der Waals surface area contributed by atoms with Gasteiger partial charge in [-0.1, -0.05) is 13.8 Å². The summed E-state index contributed by atoms with van der Waals surface area (Å²) in [6.07, 6.45) is 5.68. The highest BCUT2D eigenvalue weighted by molar-refractivity contribution is 7.07. The van der Waals surface area contributed by atoms with Crippen LogP contribution >= 0.6 is 11.3 Å². The minimum Gasteiger partial charge on any atom is -0.316 e. The highest BCUT2D eigenvalue weighted by Crippen LogP contribution is 2.40. The number of nitrogens with one attached hydrogen (secondary N) is 1. The number of hydrogen-bond donors (Lipinski definition) is 1. The maximum atomic E-state index is 3.67. The third-order valence-electron chi connectivity index (χ3n) is 4.72. The van der Waals surface area contributed by atoms with Gasteiger partial charge in [0.2, 0.25) is 0 Å². The first-order valence-electron chi connectivity index (χ1n) is 8.21. The molecule has 2 aliphatic rings. The van der Waals surface area contributed by atoms with Gasteiger partial charge in [0, 0.05) is 18.6 Å². The van der Waals surface area contributed by atoms with Crippen LogP contribution < -0.4 is 5.32 Å².